The molecule has 0 amide bonds. The van der Waals surface area contributed by atoms with Crippen LogP contribution in [0.25, 0.3) is 0 Å². The van der Waals surface area contributed by atoms with Crippen molar-refractivity contribution in [3.05, 3.63) is 0 Å². The Balaban J connectivity index is 0.00000240. The Hall–Kier alpha value is -0.400. The Kier molecular flexibility index (Phi) is 6.12. The Morgan fingerprint density at radius 1 is 1.14 bits per heavy atom. The number of hydrogen-bond acceptors (Lipinski definition) is 6. The minimum Gasteiger partial charge on any atom is -0.462 e. The van der Waals surface area contributed by atoms with E-state index in [1.165, 1.54) is 0 Å². The van der Waals surface area contributed by atoms with Gasteiger partial charge in [0.25, 0.3) is 0 Å². The zero-order valence-corrected chi connectivity index (χ0v) is 18.5. The summed E-state index contributed by atoms with van der Waals surface area (Å²) in [5.74, 6) is 0.539. The third kappa shape index (κ3) is 3.08. The number of esters is 1. The highest BCUT2D eigenvalue weighted by Gasteiger charge is 2.70. The van der Waals surface area contributed by atoms with Gasteiger partial charge >= 0.3 is 5.97 Å². The molecule has 4 rings (SSSR count). The molecule has 0 heterocycles. The number of halogens is 1. The van der Waals surface area contributed by atoms with Crippen LogP contribution in [-0.4, -0.2) is 52.8 Å². The molecule has 4 aliphatic rings. The number of carbonyl (C=O) groups is 1. The third-order valence-electron chi connectivity index (χ3n) is 9.92. The summed E-state index contributed by atoms with van der Waals surface area (Å²) in [6, 6.07) is 0. The summed E-state index contributed by atoms with van der Waals surface area (Å²) in [7, 11) is 0. The lowest BCUT2D eigenvalue weighted by atomic mass is 9.39. The van der Waals surface area contributed by atoms with Crippen molar-refractivity contribution < 1.29 is 24.9 Å². The highest BCUT2D eigenvalue weighted by atomic mass is 35.5. The van der Waals surface area contributed by atoms with E-state index in [-0.39, 0.29) is 48.9 Å². The summed E-state index contributed by atoms with van der Waals surface area (Å²) in [5, 5.41) is 32.2. The summed E-state index contributed by atoms with van der Waals surface area (Å²) in [4.78, 5) is 11.5. The summed E-state index contributed by atoms with van der Waals surface area (Å²) in [6.07, 6.45) is 6.91. The van der Waals surface area contributed by atoms with E-state index in [9.17, 15) is 20.1 Å². The minimum atomic E-state index is -0.951. The number of rotatable bonds is 4. The van der Waals surface area contributed by atoms with Crippen LogP contribution in [0.4, 0.5) is 0 Å². The van der Waals surface area contributed by atoms with Gasteiger partial charge in [0.15, 0.2) is 0 Å². The largest absolute Gasteiger partial charge is 0.462 e. The topological polar surface area (TPSA) is 113 Å². The van der Waals surface area contributed by atoms with Crippen molar-refractivity contribution in [2.24, 2.45) is 39.7 Å². The molecular formula is C22H38ClNO5. The fraction of sp³-hybridized carbons (Fsp3) is 0.955. The summed E-state index contributed by atoms with van der Waals surface area (Å²) < 4.78 is 5.25. The van der Waals surface area contributed by atoms with Crippen molar-refractivity contribution in [1.29, 1.82) is 0 Å². The van der Waals surface area contributed by atoms with Gasteiger partial charge in [0.05, 0.1) is 19.3 Å². The average Bonchev–Trinajstić information content (AvgIpc) is 3.04. The van der Waals surface area contributed by atoms with Crippen molar-refractivity contribution in [2.45, 2.75) is 76.9 Å². The molecular weight excluding hydrogens is 394 g/mol. The molecule has 29 heavy (non-hydrogen) atoms. The maximum Gasteiger partial charge on any atom is 0.319 e. The molecule has 4 saturated carbocycles. The standard InChI is InChI=1S/C22H37NO5.ClH/c1-19(12-24)16-4-3-14-9-15-10-21(14,20(16,2)6-5-17(19)25)7-8-22(15,27)13-28-18(26)11-23;/h14-17,24-25,27H,3-13,23H2,1-2H3;1H/t14-,15+,16-,17+,19-,20-,21+,22+;/m0./s1. The van der Waals surface area contributed by atoms with E-state index in [1.807, 2.05) is 0 Å². The highest BCUT2D eigenvalue weighted by Crippen LogP contribution is 2.75. The molecule has 7 heteroatoms. The first-order chi connectivity index (χ1) is 13.1. The van der Waals surface area contributed by atoms with Crippen molar-refractivity contribution in [1.82, 2.24) is 0 Å². The predicted octanol–water partition coefficient (Wildman–Crippen LogP) is 2.02. The van der Waals surface area contributed by atoms with Gasteiger partial charge in [0.1, 0.15) is 12.2 Å². The molecule has 0 aliphatic heterocycles. The number of fused-ring (bicyclic) bond motifs is 2. The van der Waals surface area contributed by atoms with Crippen LogP contribution in [0.1, 0.15) is 65.2 Å². The Morgan fingerprint density at radius 2 is 1.86 bits per heavy atom. The average molecular weight is 432 g/mol. The second kappa shape index (κ2) is 7.63. The lowest BCUT2D eigenvalue weighted by molar-refractivity contribution is -0.217. The van der Waals surface area contributed by atoms with E-state index in [2.05, 4.69) is 13.8 Å². The van der Waals surface area contributed by atoms with Gasteiger partial charge in [-0.25, -0.2) is 0 Å². The molecule has 8 atom stereocenters. The van der Waals surface area contributed by atoms with Gasteiger partial charge in [-0.05, 0) is 80.0 Å². The summed E-state index contributed by atoms with van der Waals surface area (Å²) in [5.41, 5.74) is 4.16. The molecule has 0 aromatic carbocycles. The van der Waals surface area contributed by atoms with Gasteiger partial charge < -0.3 is 25.8 Å². The molecule has 0 aromatic rings. The fourth-order valence-electron chi connectivity index (χ4n) is 8.18. The number of nitrogens with two attached hydrogens (primary N) is 1. The van der Waals surface area contributed by atoms with E-state index < -0.39 is 23.1 Å². The smallest absolute Gasteiger partial charge is 0.319 e. The molecule has 4 fully saturated rings. The molecule has 0 saturated heterocycles. The number of carbonyl (C=O) groups excluding carboxylic acids is 1. The Labute approximate surface area is 180 Å². The quantitative estimate of drug-likeness (QED) is 0.506. The SMILES string of the molecule is C[C@@]1(CO)[C@H](O)CC[C@@]2(C)[C@H]1CC[C@H]1C[C@@H]3C[C@]12CC[C@@]3(O)COC(=O)CN.Cl. The van der Waals surface area contributed by atoms with Gasteiger partial charge in [-0.15, -0.1) is 12.4 Å². The van der Waals surface area contributed by atoms with Gasteiger partial charge in [0.2, 0.25) is 0 Å². The van der Waals surface area contributed by atoms with Crippen LogP contribution < -0.4 is 5.73 Å². The predicted molar refractivity (Wildman–Crippen MR) is 111 cm³/mol. The number of aliphatic hydroxyl groups excluding tert-OH is 2. The van der Waals surface area contributed by atoms with Gasteiger partial charge in [0, 0.05) is 5.41 Å². The first kappa shape index (κ1) is 23.3. The maximum absolute atomic E-state index is 11.5. The molecule has 6 nitrogen and oxygen atoms in total. The lowest BCUT2D eigenvalue weighted by Gasteiger charge is -2.66. The second-order valence-corrected chi connectivity index (χ2v) is 10.7. The molecule has 0 aromatic heterocycles. The highest BCUT2D eigenvalue weighted by molar-refractivity contribution is 5.85. The molecule has 5 N–H and O–H groups in total. The number of aliphatic hydroxyl groups is 3. The lowest BCUT2D eigenvalue weighted by Crippen LogP contribution is -2.63. The van der Waals surface area contributed by atoms with Crippen LogP contribution in [0.15, 0.2) is 0 Å². The van der Waals surface area contributed by atoms with E-state index in [4.69, 9.17) is 10.5 Å². The zero-order valence-electron chi connectivity index (χ0n) is 17.7. The molecule has 0 unspecified atom stereocenters. The first-order valence-electron chi connectivity index (χ1n) is 11.0. The van der Waals surface area contributed by atoms with Crippen LogP contribution in [0, 0.1) is 34.0 Å². The van der Waals surface area contributed by atoms with Crippen LogP contribution in [0.2, 0.25) is 0 Å². The van der Waals surface area contributed by atoms with E-state index in [0.29, 0.717) is 18.3 Å². The molecule has 0 radical (unpaired) electrons. The Bertz CT molecular complexity index is 649. The third-order valence-corrected chi connectivity index (χ3v) is 9.92. The van der Waals surface area contributed by atoms with Gasteiger partial charge in [-0.3, -0.25) is 4.79 Å². The number of ether oxygens (including phenoxy) is 1. The second-order valence-electron chi connectivity index (χ2n) is 10.7. The molecule has 4 aliphatic carbocycles. The van der Waals surface area contributed by atoms with Crippen LogP contribution in [0.3, 0.4) is 0 Å². The van der Waals surface area contributed by atoms with Crippen LogP contribution in [-0.2, 0) is 9.53 Å². The summed E-state index contributed by atoms with van der Waals surface area (Å²) >= 11 is 0. The molecule has 2 bridgehead atoms. The van der Waals surface area contributed by atoms with E-state index in [1.54, 1.807) is 0 Å². The van der Waals surface area contributed by atoms with Crippen molar-refractivity contribution in [2.75, 3.05) is 19.8 Å². The monoisotopic (exact) mass is 431 g/mol. The minimum absolute atomic E-state index is 0. The van der Waals surface area contributed by atoms with Crippen molar-refractivity contribution >= 4 is 18.4 Å². The van der Waals surface area contributed by atoms with E-state index in [0.717, 1.165) is 44.9 Å². The van der Waals surface area contributed by atoms with Gasteiger partial charge in [-0.2, -0.15) is 0 Å². The van der Waals surface area contributed by atoms with Crippen molar-refractivity contribution in [3.8, 4) is 0 Å². The number of hydrogen-bond donors (Lipinski definition) is 4. The van der Waals surface area contributed by atoms with Crippen LogP contribution >= 0.6 is 12.4 Å². The van der Waals surface area contributed by atoms with Crippen molar-refractivity contribution in [3.63, 3.8) is 0 Å². The van der Waals surface area contributed by atoms with E-state index >= 15 is 0 Å². The first-order valence-corrected chi connectivity index (χ1v) is 11.0. The van der Waals surface area contributed by atoms with Gasteiger partial charge in [-0.1, -0.05) is 13.8 Å². The zero-order chi connectivity index (χ0) is 20.4. The van der Waals surface area contributed by atoms with Crippen LogP contribution in [0.5, 0.6) is 0 Å². The maximum atomic E-state index is 11.5. The normalized spacial score (nSPS) is 50.8. The summed E-state index contributed by atoms with van der Waals surface area (Å²) in [6.45, 7) is 4.37. The fourth-order valence-corrected chi connectivity index (χ4v) is 8.18. The molecule has 168 valence electrons. The molecule has 1 spiro atoms. The Morgan fingerprint density at radius 3 is 2.52 bits per heavy atom.